The number of rotatable bonds is 4. The fourth-order valence-corrected chi connectivity index (χ4v) is 3.93. The summed E-state index contributed by atoms with van der Waals surface area (Å²) in [5.41, 5.74) is 1.86. The molecule has 0 radical (unpaired) electrons. The molecule has 1 amide bonds. The number of nitrogens with one attached hydrogen (secondary N) is 1. The number of anilines is 1. The molecule has 0 bridgehead atoms. The molecule has 0 aliphatic heterocycles. The maximum atomic E-state index is 11.8. The highest BCUT2D eigenvalue weighted by Crippen LogP contribution is 2.36. The highest BCUT2D eigenvalue weighted by Gasteiger charge is 2.20. The zero-order valence-electron chi connectivity index (χ0n) is 11.5. The second kappa shape index (κ2) is 7.66. The lowest BCUT2D eigenvalue weighted by Crippen LogP contribution is -2.11. The number of carbonyl (C=O) groups is 1. The molecule has 1 N–H and O–H groups in total. The summed E-state index contributed by atoms with van der Waals surface area (Å²) in [5.74, 6) is 0.441. The number of hydrogen-bond donors (Lipinski definition) is 1. The molecule has 0 aromatic carbocycles. The Bertz CT molecular complexity index is 519. The predicted molar refractivity (Wildman–Crippen MR) is 83.5 cm³/mol. The van der Waals surface area contributed by atoms with Crippen molar-refractivity contribution in [3.8, 4) is 6.07 Å². The van der Waals surface area contributed by atoms with Crippen molar-refractivity contribution >= 4 is 33.8 Å². The molecule has 5 heteroatoms. The summed E-state index contributed by atoms with van der Waals surface area (Å²) in [4.78, 5) is 13.1. The van der Waals surface area contributed by atoms with Crippen LogP contribution in [0.15, 0.2) is 0 Å². The minimum atomic E-state index is -0.0450. The molecule has 0 fully saturated rings. The molecule has 108 valence electrons. The summed E-state index contributed by atoms with van der Waals surface area (Å²) >= 11 is 7.18. The van der Waals surface area contributed by atoms with Crippen molar-refractivity contribution in [3.05, 3.63) is 16.0 Å². The van der Waals surface area contributed by atoms with Gasteiger partial charge < -0.3 is 5.32 Å². The van der Waals surface area contributed by atoms with Gasteiger partial charge in [-0.15, -0.1) is 22.9 Å². The minimum Gasteiger partial charge on any atom is -0.317 e. The fourth-order valence-electron chi connectivity index (χ4n) is 2.54. The zero-order valence-corrected chi connectivity index (χ0v) is 13.1. The number of amides is 1. The van der Waals surface area contributed by atoms with Crippen LogP contribution in [0, 0.1) is 11.3 Å². The van der Waals surface area contributed by atoms with E-state index in [-0.39, 0.29) is 5.91 Å². The average Bonchev–Trinajstić information content (AvgIpc) is 2.72. The van der Waals surface area contributed by atoms with E-state index in [1.807, 2.05) is 0 Å². The molecule has 3 nitrogen and oxygen atoms in total. The number of fused-ring (bicyclic) bond motifs is 1. The van der Waals surface area contributed by atoms with Crippen LogP contribution in [0.1, 0.15) is 54.5 Å². The van der Waals surface area contributed by atoms with Crippen LogP contribution >= 0.6 is 22.9 Å². The number of nitriles is 1. The maximum Gasteiger partial charge on any atom is 0.225 e. The molecule has 0 saturated heterocycles. The van der Waals surface area contributed by atoms with E-state index in [0.717, 1.165) is 24.3 Å². The van der Waals surface area contributed by atoms with Gasteiger partial charge >= 0.3 is 0 Å². The average molecular weight is 311 g/mol. The third kappa shape index (κ3) is 3.74. The molecule has 1 heterocycles. The molecule has 1 aliphatic rings. The van der Waals surface area contributed by atoms with Crippen LogP contribution in [-0.2, 0) is 17.6 Å². The third-order valence-corrected chi connectivity index (χ3v) is 5.05. The van der Waals surface area contributed by atoms with E-state index in [2.05, 4.69) is 11.4 Å². The van der Waals surface area contributed by atoms with E-state index >= 15 is 0 Å². The monoisotopic (exact) mass is 310 g/mol. The van der Waals surface area contributed by atoms with Crippen LogP contribution in [0.2, 0.25) is 0 Å². The number of aryl methyl sites for hydroxylation is 1. The van der Waals surface area contributed by atoms with Gasteiger partial charge in [0.05, 0.1) is 5.56 Å². The van der Waals surface area contributed by atoms with Gasteiger partial charge in [0.2, 0.25) is 5.91 Å². The number of halogens is 1. The summed E-state index contributed by atoms with van der Waals surface area (Å²) in [5, 5.41) is 13.0. The van der Waals surface area contributed by atoms with E-state index in [0.29, 0.717) is 24.3 Å². The summed E-state index contributed by atoms with van der Waals surface area (Å²) in [6.07, 6.45) is 7.89. The lowest BCUT2D eigenvalue weighted by atomic mass is 9.97. The van der Waals surface area contributed by atoms with E-state index in [9.17, 15) is 10.1 Å². The maximum absolute atomic E-state index is 11.8. The predicted octanol–water partition coefficient (Wildman–Crippen LogP) is 4.24. The van der Waals surface area contributed by atoms with Gasteiger partial charge in [-0.1, -0.05) is 12.8 Å². The normalized spacial score (nSPS) is 14.8. The summed E-state index contributed by atoms with van der Waals surface area (Å²) in [7, 11) is 0. The summed E-state index contributed by atoms with van der Waals surface area (Å²) < 4.78 is 0. The number of nitrogens with zero attached hydrogens (tertiary/aromatic N) is 1. The van der Waals surface area contributed by atoms with Gasteiger partial charge in [0, 0.05) is 17.2 Å². The highest BCUT2D eigenvalue weighted by atomic mass is 35.5. The molecule has 20 heavy (non-hydrogen) atoms. The Morgan fingerprint density at radius 1 is 1.30 bits per heavy atom. The van der Waals surface area contributed by atoms with Crippen LogP contribution < -0.4 is 5.32 Å². The third-order valence-electron chi connectivity index (χ3n) is 3.57. The largest absolute Gasteiger partial charge is 0.317 e. The van der Waals surface area contributed by atoms with Gasteiger partial charge in [-0.05, 0) is 37.7 Å². The molecule has 1 aromatic rings. The van der Waals surface area contributed by atoms with Crippen molar-refractivity contribution in [2.24, 2.45) is 0 Å². The first kappa shape index (κ1) is 15.3. The van der Waals surface area contributed by atoms with E-state index in [1.54, 1.807) is 11.3 Å². The van der Waals surface area contributed by atoms with E-state index in [1.165, 1.54) is 29.7 Å². The zero-order chi connectivity index (χ0) is 14.4. The molecule has 1 aromatic heterocycles. The van der Waals surface area contributed by atoms with Crippen LogP contribution in [-0.4, -0.2) is 11.8 Å². The second-order valence-electron chi connectivity index (χ2n) is 5.07. The van der Waals surface area contributed by atoms with Crippen LogP contribution in [0.5, 0.6) is 0 Å². The fraction of sp³-hybridized carbons (Fsp3) is 0.600. The lowest BCUT2D eigenvalue weighted by Gasteiger charge is -2.08. The molecular formula is C15H19ClN2OS. The van der Waals surface area contributed by atoms with Crippen molar-refractivity contribution in [1.82, 2.24) is 0 Å². The van der Waals surface area contributed by atoms with E-state index < -0.39 is 0 Å². The van der Waals surface area contributed by atoms with Gasteiger partial charge in [-0.2, -0.15) is 5.26 Å². The van der Waals surface area contributed by atoms with Crippen molar-refractivity contribution in [3.63, 3.8) is 0 Å². The molecule has 0 atom stereocenters. The number of alkyl halides is 1. The molecule has 0 saturated carbocycles. The second-order valence-corrected chi connectivity index (χ2v) is 6.56. The van der Waals surface area contributed by atoms with Gasteiger partial charge in [0.25, 0.3) is 0 Å². The summed E-state index contributed by atoms with van der Waals surface area (Å²) in [6.45, 7) is 0. The van der Waals surface area contributed by atoms with Gasteiger partial charge in [0.15, 0.2) is 0 Å². The summed E-state index contributed by atoms with van der Waals surface area (Å²) in [6, 6.07) is 2.28. The van der Waals surface area contributed by atoms with Crippen molar-refractivity contribution in [2.45, 2.75) is 51.4 Å². The quantitative estimate of drug-likeness (QED) is 0.846. The van der Waals surface area contributed by atoms with Gasteiger partial charge in [-0.25, -0.2) is 0 Å². The first-order chi connectivity index (χ1) is 9.76. The Balaban J connectivity index is 2.18. The van der Waals surface area contributed by atoms with Gasteiger partial charge in [0.1, 0.15) is 11.1 Å². The molecule has 0 spiro atoms. The minimum absolute atomic E-state index is 0.0450. The topological polar surface area (TPSA) is 52.9 Å². The van der Waals surface area contributed by atoms with Crippen molar-refractivity contribution < 1.29 is 4.79 Å². The Morgan fingerprint density at radius 2 is 2.05 bits per heavy atom. The Morgan fingerprint density at radius 3 is 2.75 bits per heavy atom. The van der Waals surface area contributed by atoms with E-state index in [4.69, 9.17) is 11.6 Å². The smallest absolute Gasteiger partial charge is 0.225 e. The van der Waals surface area contributed by atoms with Crippen molar-refractivity contribution in [1.29, 1.82) is 5.26 Å². The van der Waals surface area contributed by atoms with Crippen LogP contribution in [0.4, 0.5) is 5.00 Å². The lowest BCUT2D eigenvalue weighted by molar-refractivity contribution is -0.116. The van der Waals surface area contributed by atoms with Crippen LogP contribution in [0.25, 0.3) is 0 Å². The van der Waals surface area contributed by atoms with Gasteiger partial charge in [-0.3, -0.25) is 4.79 Å². The Kier molecular flexibility index (Phi) is 5.87. The standard InChI is InChI=1S/C15H19ClN2OS/c16-9-5-8-14(19)18-15-12(10-17)11-6-3-1-2-4-7-13(11)20-15/h1-9H2,(H,18,19). The first-order valence-corrected chi connectivity index (χ1v) is 8.51. The number of thiophene rings is 1. The molecule has 0 unspecified atom stereocenters. The molecule has 1 aliphatic carbocycles. The first-order valence-electron chi connectivity index (χ1n) is 7.16. The molecular weight excluding hydrogens is 292 g/mol. The number of carbonyl (C=O) groups excluding carboxylic acids is 1. The number of hydrogen-bond acceptors (Lipinski definition) is 3. The molecule has 2 rings (SSSR count). The van der Waals surface area contributed by atoms with Crippen LogP contribution in [0.3, 0.4) is 0 Å². The SMILES string of the molecule is N#Cc1c(NC(=O)CCCCl)sc2c1CCCCCC2. The Labute approximate surface area is 128 Å². The van der Waals surface area contributed by atoms with Crippen molar-refractivity contribution in [2.75, 3.05) is 11.2 Å². The Hall–Kier alpha value is -1.05. The highest BCUT2D eigenvalue weighted by molar-refractivity contribution is 7.16.